The van der Waals surface area contributed by atoms with Crippen molar-refractivity contribution in [3.8, 4) is 0 Å². The van der Waals surface area contributed by atoms with Crippen molar-refractivity contribution in [2.75, 3.05) is 0 Å². The highest BCUT2D eigenvalue weighted by Gasteiger charge is 2.31. The van der Waals surface area contributed by atoms with E-state index in [1.54, 1.807) is 11.3 Å². The van der Waals surface area contributed by atoms with Gasteiger partial charge >= 0.3 is 6.03 Å². The second kappa shape index (κ2) is 7.62. The lowest BCUT2D eigenvalue weighted by atomic mass is 9.87. The molecular weight excluding hydrogens is 342 g/mol. The topological polar surface area (TPSA) is 54.0 Å². The minimum absolute atomic E-state index is 0.136. The summed E-state index contributed by atoms with van der Waals surface area (Å²) in [5.74, 6) is 0.598. The van der Waals surface area contributed by atoms with Gasteiger partial charge in [-0.05, 0) is 24.8 Å². The molecule has 1 aliphatic heterocycles. The number of carbonyl (C=O) groups is 1. The molecule has 1 aromatic carbocycles. The lowest BCUT2D eigenvalue weighted by Gasteiger charge is -2.29. The van der Waals surface area contributed by atoms with Crippen molar-refractivity contribution in [1.29, 1.82) is 0 Å². The van der Waals surface area contributed by atoms with Crippen LogP contribution in [0.3, 0.4) is 0 Å². The van der Waals surface area contributed by atoms with E-state index in [1.807, 2.05) is 18.2 Å². The first kappa shape index (κ1) is 17.3. The highest BCUT2D eigenvalue weighted by Crippen LogP contribution is 2.39. The Bertz CT molecular complexity index is 806. The molecule has 136 valence electrons. The van der Waals surface area contributed by atoms with E-state index < -0.39 is 0 Å². The van der Waals surface area contributed by atoms with Crippen molar-refractivity contribution in [1.82, 2.24) is 15.6 Å². The summed E-state index contributed by atoms with van der Waals surface area (Å²) < 4.78 is 0. The van der Waals surface area contributed by atoms with Crippen LogP contribution in [0.4, 0.5) is 4.79 Å². The molecule has 26 heavy (non-hydrogen) atoms. The van der Waals surface area contributed by atoms with Crippen LogP contribution >= 0.6 is 11.3 Å². The van der Waals surface area contributed by atoms with E-state index in [-0.39, 0.29) is 12.1 Å². The van der Waals surface area contributed by atoms with Gasteiger partial charge in [-0.25, -0.2) is 9.78 Å². The number of rotatable bonds is 4. The van der Waals surface area contributed by atoms with Gasteiger partial charge in [-0.15, -0.1) is 11.3 Å². The monoisotopic (exact) mass is 367 g/mol. The molecule has 2 amide bonds. The molecule has 1 aromatic heterocycles. The van der Waals surface area contributed by atoms with Gasteiger partial charge in [-0.1, -0.05) is 56.5 Å². The minimum Gasteiger partial charge on any atom is -0.327 e. The van der Waals surface area contributed by atoms with E-state index in [0.29, 0.717) is 5.92 Å². The first-order valence-electron chi connectivity index (χ1n) is 9.57. The van der Waals surface area contributed by atoms with Crippen LogP contribution in [0.1, 0.15) is 73.7 Å². The summed E-state index contributed by atoms with van der Waals surface area (Å²) in [6.45, 7) is 2.08. The van der Waals surface area contributed by atoms with Gasteiger partial charge in [0.25, 0.3) is 0 Å². The quantitative estimate of drug-likeness (QED) is 0.764. The van der Waals surface area contributed by atoms with Crippen LogP contribution < -0.4 is 10.6 Å². The lowest BCUT2D eigenvalue weighted by Crippen LogP contribution is -2.43. The third-order valence-corrected chi connectivity index (χ3v) is 6.31. The molecule has 1 fully saturated rings. The number of benzene rings is 1. The van der Waals surface area contributed by atoms with Crippen molar-refractivity contribution < 1.29 is 4.79 Å². The Labute approximate surface area is 158 Å². The second-order valence-corrected chi connectivity index (χ2v) is 7.96. The van der Waals surface area contributed by atoms with Gasteiger partial charge in [0.2, 0.25) is 0 Å². The molecule has 5 heteroatoms. The summed E-state index contributed by atoms with van der Waals surface area (Å²) in [7, 11) is 0. The standard InChI is InChI=1S/C21H25N3OS/c1-2-16-18(19(24-21(25)23-16)15-11-7-4-8-12-15)20-22-17(13-26-20)14-9-5-3-6-10-14/h4,7-8,11-14,19H,2-3,5-6,9-10H2,1H3,(H2,23,24,25). The van der Waals surface area contributed by atoms with Crippen LogP contribution in [0.2, 0.25) is 0 Å². The maximum Gasteiger partial charge on any atom is 0.319 e. The van der Waals surface area contributed by atoms with Gasteiger partial charge in [-0.3, -0.25) is 0 Å². The predicted octanol–water partition coefficient (Wildman–Crippen LogP) is 5.37. The highest BCUT2D eigenvalue weighted by molar-refractivity contribution is 7.10. The second-order valence-electron chi connectivity index (χ2n) is 7.10. The maximum absolute atomic E-state index is 12.2. The number of nitrogens with zero attached hydrogens (tertiary/aromatic N) is 1. The number of aromatic nitrogens is 1. The highest BCUT2D eigenvalue weighted by atomic mass is 32.1. The van der Waals surface area contributed by atoms with Gasteiger partial charge in [0.1, 0.15) is 5.01 Å². The van der Waals surface area contributed by atoms with Crippen LogP contribution in [0.5, 0.6) is 0 Å². The van der Waals surface area contributed by atoms with Crippen molar-refractivity contribution >= 4 is 22.9 Å². The fourth-order valence-electron chi connectivity index (χ4n) is 4.04. The lowest BCUT2D eigenvalue weighted by molar-refractivity contribution is 0.240. The Morgan fingerprint density at radius 3 is 2.65 bits per heavy atom. The Kier molecular flexibility index (Phi) is 5.07. The van der Waals surface area contributed by atoms with E-state index in [0.717, 1.165) is 28.3 Å². The third-order valence-electron chi connectivity index (χ3n) is 5.42. The molecule has 4 rings (SSSR count). The molecule has 1 saturated carbocycles. The van der Waals surface area contributed by atoms with Gasteiger partial charge < -0.3 is 10.6 Å². The van der Waals surface area contributed by atoms with Crippen molar-refractivity contribution in [2.45, 2.75) is 57.4 Å². The van der Waals surface area contributed by atoms with E-state index in [4.69, 9.17) is 4.98 Å². The smallest absolute Gasteiger partial charge is 0.319 e. The number of thiazole rings is 1. The average molecular weight is 368 g/mol. The summed E-state index contributed by atoms with van der Waals surface area (Å²) in [6.07, 6.45) is 7.25. The molecule has 0 spiro atoms. The van der Waals surface area contributed by atoms with Gasteiger partial charge in [-0.2, -0.15) is 0 Å². The largest absolute Gasteiger partial charge is 0.327 e. The molecule has 4 nitrogen and oxygen atoms in total. The Balaban J connectivity index is 1.73. The average Bonchev–Trinajstić information content (AvgIpc) is 3.18. The Hall–Kier alpha value is -2.14. The minimum atomic E-state index is -0.148. The number of urea groups is 1. The van der Waals surface area contributed by atoms with E-state index in [9.17, 15) is 4.79 Å². The number of hydrogen-bond donors (Lipinski definition) is 2. The molecule has 1 unspecified atom stereocenters. The van der Waals surface area contributed by atoms with Crippen LogP contribution in [0, 0.1) is 0 Å². The number of amides is 2. The third kappa shape index (κ3) is 3.40. The van der Waals surface area contributed by atoms with Gasteiger partial charge in [0, 0.05) is 22.6 Å². The Morgan fingerprint density at radius 1 is 1.15 bits per heavy atom. The molecule has 2 aliphatic rings. The number of carbonyl (C=O) groups excluding carboxylic acids is 1. The van der Waals surface area contributed by atoms with E-state index in [1.165, 1.54) is 37.8 Å². The first-order chi connectivity index (χ1) is 12.8. The summed E-state index contributed by atoms with van der Waals surface area (Å²) in [6, 6.07) is 9.89. The SMILES string of the molecule is CCC1=C(c2nc(C3CCCCC3)cs2)C(c2ccccc2)NC(=O)N1. The molecule has 1 atom stereocenters. The summed E-state index contributed by atoms with van der Waals surface area (Å²) in [4.78, 5) is 17.2. The number of allylic oxidation sites excluding steroid dienone is 1. The predicted molar refractivity (Wildman–Crippen MR) is 106 cm³/mol. The Morgan fingerprint density at radius 2 is 1.92 bits per heavy atom. The zero-order chi connectivity index (χ0) is 17.9. The fraction of sp³-hybridized carbons (Fsp3) is 0.429. The van der Waals surface area contributed by atoms with Crippen LogP contribution in [-0.4, -0.2) is 11.0 Å². The summed E-state index contributed by atoms with van der Waals surface area (Å²) in [5.41, 5.74) is 4.42. The van der Waals surface area contributed by atoms with E-state index in [2.05, 4.69) is 35.1 Å². The molecule has 0 radical (unpaired) electrons. The zero-order valence-electron chi connectivity index (χ0n) is 15.1. The van der Waals surface area contributed by atoms with Crippen molar-refractivity contribution in [3.63, 3.8) is 0 Å². The van der Waals surface area contributed by atoms with Gasteiger partial charge in [0.05, 0.1) is 11.7 Å². The van der Waals surface area contributed by atoms with Crippen molar-refractivity contribution in [2.24, 2.45) is 0 Å². The molecule has 0 bridgehead atoms. The molecule has 2 heterocycles. The van der Waals surface area contributed by atoms with E-state index >= 15 is 0 Å². The molecular formula is C21H25N3OS. The number of nitrogens with one attached hydrogen (secondary N) is 2. The van der Waals surface area contributed by atoms with Crippen LogP contribution in [0.15, 0.2) is 41.4 Å². The zero-order valence-corrected chi connectivity index (χ0v) is 15.9. The maximum atomic E-state index is 12.2. The normalized spacial score (nSPS) is 21.4. The molecule has 1 aliphatic carbocycles. The summed E-state index contributed by atoms with van der Waals surface area (Å²) in [5, 5.41) is 9.35. The van der Waals surface area contributed by atoms with Crippen molar-refractivity contribution in [3.05, 3.63) is 57.7 Å². The fourth-order valence-corrected chi connectivity index (χ4v) is 5.04. The molecule has 2 aromatic rings. The van der Waals surface area contributed by atoms with Crippen LogP contribution in [0.25, 0.3) is 5.57 Å². The first-order valence-corrected chi connectivity index (χ1v) is 10.5. The molecule has 2 N–H and O–H groups in total. The number of hydrogen-bond acceptors (Lipinski definition) is 3. The summed E-state index contributed by atoms with van der Waals surface area (Å²) >= 11 is 1.71. The van der Waals surface area contributed by atoms with Crippen LogP contribution in [-0.2, 0) is 0 Å². The van der Waals surface area contributed by atoms with Gasteiger partial charge in [0.15, 0.2) is 0 Å². The molecule has 0 saturated heterocycles.